The summed E-state index contributed by atoms with van der Waals surface area (Å²) in [6, 6.07) is 5.37. The van der Waals surface area contributed by atoms with E-state index in [1.54, 1.807) is 0 Å². The summed E-state index contributed by atoms with van der Waals surface area (Å²) in [5, 5.41) is 2.87. The molecule has 0 spiro atoms. The molecule has 2 aliphatic rings. The lowest BCUT2D eigenvalue weighted by molar-refractivity contribution is -0.119. The van der Waals surface area contributed by atoms with Crippen LogP contribution in [0.1, 0.15) is 18.0 Å². The molecule has 0 aromatic heterocycles. The predicted octanol–water partition coefficient (Wildman–Crippen LogP) is 0.346. The van der Waals surface area contributed by atoms with E-state index in [1.165, 1.54) is 0 Å². The Balaban J connectivity index is 1.91. The number of rotatable bonds is 1. The number of amides is 1. The molecule has 1 fully saturated rings. The number of ether oxygens (including phenoxy) is 2. The largest absolute Gasteiger partial charge is 0.486 e. The molecule has 0 saturated carbocycles. The van der Waals surface area contributed by atoms with Crippen LogP contribution in [0.3, 0.4) is 0 Å². The van der Waals surface area contributed by atoms with Gasteiger partial charge in [-0.2, -0.15) is 0 Å². The number of carbonyl (C=O) groups excluding carboxylic acids is 1. The highest BCUT2D eigenvalue weighted by Gasteiger charge is 2.31. The van der Waals surface area contributed by atoms with E-state index >= 15 is 0 Å². The van der Waals surface area contributed by atoms with E-state index in [2.05, 4.69) is 5.32 Å². The molecular weight excluding hydrogens is 220 g/mol. The average Bonchev–Trinajstić information content (AvgIpc) is 2.68. The van der Waals surface area contributed by atoms with E-state index in [-0.39, 0.29) is 18.0 Å². The third-order valence-electron chi connectivity index (χ3n) is 3.09. The lowest BCUT2D eigenvalue weighted by Crippen LogP contribution is -2.28. The number of hydrogen-bond donors (Lipinski definition) is 2. The lowest BCUT2D eigenvalue weighted by atomic mass is 10.0. The van der Waals surface area contributed by atoms with Crippen LogP contribution in [-0.2, 0) is 4.79 Å². The molecule has 1 amide bonds. The maximum atomic E-state index is 11.3. The highest BCUT2D eigenvalue weighted by Crippen LogP contribution is 2.34. The van der Waals surface area contributed by atoms with Crippen molar-refractivity contribution in [3.8, 4) is 11.5 Å². The minimum Gasteiger partial charge on any atom is -0.486 e. The zero-order valence-electron chi connectivity index (χ0n) is 9.31. The third-order valence-corrected chi connectivity index (χ3v) is 3.09. The summed E-state index contributed by atoms with van der Waals surface area (Å²) in [5.74, 6) is 1.47. The highest BCUT2D eigenvalue weighted by atomic mass is 16.6. The Kier molecular flexibility index (Phi) is 2.40. The van der Waals surface area contributed by atoms with Crippen LogP contribution >= 0.6 is 0 Å². The molecule has 0 radical (unpaired) electrons. The van der Waals surface area contributed by atoms with E-state index in [0.29, 0.717) is 19.6 Å². The van der Waals surface area contributed by atoms with Gasteiger partial charge in [-0.05, 0) is 17.7 Å². The zero-order valence-corrected chi connectivity index (χ0v) is 9.31. The summed E-state index contributed by atoms with van der Waals surface area (Å²) >= 11 is 0. The molecular formula is C12H14N2O3. The Bertz CT molecular complexity index is 461. The lowest BCUT2D eigenvalue weighted by Gasteiger charge is -2.21. The molecule has 3 N–H and O–H groups in total. The van der Waals surface area contributed by atoms with Crippen molar-refractivity contribution < 1.29 is 14.3 Å². The molecule has 90 valence electrons. The summed E-state index contributed by atoms with van der Waals surface area (Å²) in [6.07, 6.45) is 0.374. The molecule has 0 aliphatic carbocycles. The van der Waals surface area contributed by atoms with E-state index in [9.17, 15) is 4.79 Å². The van der Waals surface area contributed by atoms with Crippen LogP contribution in [0.25, 0.3) is 0 Å². The first-order chi connectivity index (χ1) is 8.24. The SMILES string of the molecule is N[C@H]1CC(=O)N[C@@H]1c1ccc2c(c1)OCCO2. The number of carbonyl (C=O) groups is 1. The number of benzene rings is 1. The topological polar surface area (TPSA) is 73.6 Å². The predicted molar refractivity (Wildman–Crippen MR) is 60.9 cm³/mol. The molecule has 2 atom stereocenters. The van der Waals surface area contributed by atoms with Crippen LogP contribution in [0.5, 0.6) is 11.5 Å². The fourth-order valence-electron chi connectivity index (χ4n) is 2.26. The van der Waals surface area contributed by atoms with Gasteiger partial charge < -0.3 is 20.5 Å². The minimum atomic E-state index is -0.176. The van der Waals surface area contributed by atoms with Crippen molar-refractivity contribution in [2.45, 2.75) is 18.5 Å². The van der Waals surface area contributed by atoms with Gasteiger partial charge in [0.15, 0.2) is 11.5 Å². The maximum Gasteiger partial charge on any atom is 0.222 e. The quantitative estimate of drug-likeness (QED) is 0.735. The van der Waals surface area contributed by atoms with Crippen LogP contribution in [0.2, 0.25) is 0 Å². The summed E-state index contributed by atoms with van der Waals surface area (Å²) < 4.78 is 11.0. The average molecular weight is 234 g/mol. The highest BCUT2D eigenvalue weighted by molar-refractivity contribution is 5.80. The van der Waals surface area contributed by atoms with E-state index in [4.69, 9.17) is 15.2 Å². The van der Waals surface area contributed by atoms with Gasteiger partial charge >= 0.3 is 0 Å². The van der Waals surface area contributed by atoms with Gasteiger partial charge in [0.05, 0.1) is 6.04 Å². The zero-order chi connectivity index (χ0) is 11.8. The fourth-order valence-corrected chi connectivity index (χ4v) is 2.26. The van der Waals surface area contributed by atoms with Crippen LogP contribution in [0, 0.1) is 0 Å². The van der Waals surface area contributed by atoms with Gasteiger partial charge in [0.25, 0.3) is 0 Å². The summed E-state index contributed by atoms with van der Waals surface area (Å²) in [7, 11) is 0. The Hall–Kier alpha value is -1.75. The van der Waals surface area contributed by atoms with Crippen molar-refractivity contribution in [3.05, 3.63) is 23.8 Å². The van der Waals surface area contributed by atoms with E-state index < -0.39 is 0 Å². The summed E-state index contributed by atoms with van der Waals surface area (Å²) in [5.41, 5.74) is 6.89. The monoisotopic (exact) mass is 234 g/mol. The number of fused-ring (bicyclic) bond motifs is 1. The molecule has 1 saturated heterocycles. The van der Waals surface area contributed by atoms with Crippen LogP contribution < -0.4 is 20.5 Å². The van der Waals surface area contributed by atoms with Crippen molar-refractivity contribution in [2.24, 2.45) is 5.73 Å². The maximum absolute atomic E-state index is 11.3. The molecule has 0 unspecified atom stereocenters. The minimum absolute atomic E-state index is 0.00242. The van der Waals surface area contributed by atoms with Crippen molar-refractivity contribution in [2.75, 3.05) is 13.2 Å². The Morgan fingerprint density at radius 1 is 1.24 bits per heavy atom. The fraction of sp³-hybridized carbons (Fsp3) is 0.417. The van der Waals surface area contributed by atoms with Gasteiger partial charge in [-0.15, -0.1) is 0 Å². The smallest absolute Gasteiger partial charge is 0.222 e. The normalized spacial score (nSPS) is 26.8. The molecule has 17 heavy (non-hydrogen) atoms. The van der Waals surface area contributed by atoms with Gasteiger partial charge in [-0.3, -0.25) is 4.79 Å². The van der Waals surface area contributed by atoms with E-state index in [1.807, 2.05) is 18.2 Å². The van der Waals surface area contributed by atoms with Gasteiger partial charge in [0.2, 0.25) is 5.91 Å². The molecule has 2 aliphatic heterocycles. The van der Waals surface area contributed by atoms with Gasteiger partial charge in [0, 0.05) is 12.5 Å². The molecule has 5 heteroatoms. The van der Waals surface area contributed by atoms with E-state index in [0.717, 1.165) is 17.1 Å². The van der Waals surface area contributed by atoms with Crippen LogP contribution in [0.15, 0.2) is 18.2 Å². The first kappa shape index (κ1) is 10.4. The molecule has 2 heterocycles. The summed E-state index contributed by atoms with van der Waals surface area (Å²) in [4.78, 5) is 11.3. The molecule has 3 rings (SSSR count). The second kappa shape index (κ2) is 3.92. The third kappa shape index (κ3) is 1.82. The van der Waals surface area contributed by atoms with Gasteiger partial charge in [0.1, 0.15) is 13.2 Å². The molecule has 1 aromatic carbocycles. The Morgan fingerprint density at radius 3 is 2.71 bits per heavy atom. The van der Waals surface area contributed by atoms with Gasteiger partial charge in [-0.25, -0.2) is 0 Å². The molecule has 5 nitrogen and oxygen atoms in total. The van der Waals surface area contributed by atoms with Crippen LogP contribution in [-0.4, -0.2) is 25.2 Å². The Labute approximate surface area is 98.9 Å². The summed E-state index contributed by atoms with van der Waals surface area (Å²) in [6.45, 7) is 1.13. The first-order valence-electron chi connectivity index (χ1n) is 5.68. The van der Waals surface area contributed by atoms with Crippen molar-refractivity contribution in [1.29, 1.82) is 0 Å². The van der Waals surface area contributed by atoms with Gasteiger partial charge in [-0.1, -0.05) is 6.07 Å². The number of hydrogen-bond acceptors (Lipinski definition) is 4. The Morgan fingerprint density at radius 2 is 2.00 bits per heavy atom. The number of nitrogens with one attached hydrogen (secondary N) is 1. The second-order valence-corrected chi connectivity index (χ2v) is 4.32. The first-order valence-corrected chi connectivity index (χ1v) is 5.68. The van der Waals surface area contributed by atoms with Crippen LogP contribution in [0.4, 0.5) is 0 Å². The number of nitrogens with two attached hydrogens (primary N) is 1. The molecule has 0 bridgehead atoms. The second-order valence-electron chi connectivity index (χ2n) is 4.32. The van der Waals surface area contributed by atoms with Crippen molar-refractivity contribution in [3.63, 3.8) is 0 Å². The molecule has 1 aromatic rings. The van der Waals surface area contributed by atoms with Crippen molar-refractivity contribution >= 4 is 5.91 Å². The standard InChI is InChI=1S/C12H14N2O3/c13-8-6-11(15)14-12(8)7-1-2-9-10(5-7)17-4-3-16-9/h1-2,5,8,12H,3-4,6,13H2,(H,14,15)/t8-,12+/m0/s1. The van der Waals surface area contributed by atoms with Crippen molar-refractivity contribution in [1.82, 2.24) is 5.32 Å².